The Kier molecular flexibility index (Phi) is 9.43. The number of nitrogens with zero attached hydrogens (tertiary/aromatic N) is 3. The Morgan fingerprint density at radius 1 is 0.971 bits per heavy atom. The molecule has 1 saturated heterocycles. The summed E-state index contributed by atoms with van der Waals surface area (Å²) in [5, 5.41) is 6.12. The quantitative estimate of drug-likeness (QED) is 0.354. The van der Waals surface area contributed by atoms with Crippen LogP contribution in [0.2, 0.25) is 5.02 Å². The number of benzene rings is 2. The summed E-state index contributed by atoms with van der Waals surface area (Å²) in [5.74, 6) is 0. The maximum atomic E-state index is 13.4. The molecule has 34 heavy (non-hydrogen) atoms. The minimum absolute atomic E-state index is 0. The molecule has 0 N–H and O–H groups in total. The number of fused-ring (bicyclic) bond motifs is 1. The van der Waals surface area contributed by atoms with E-state index in [1.165, 1.54) is 10.4 Å². The van der Waals surface area contributed by atoms with Crippen LogP contribution >= 0.6 is 22.9 Å². The Morgan fingerprint density at radius 3 is 2.44 bits per heavy atom. The number of halogens is 1. The average molecular weight is 518 g/mol. The number of hydrogen-bond acceptors (Lipinski definition) is 4. The predicted octanol–water partition coefficient (Wildman–Crippen LogP) is 2.81. The van der Waals surface area contributed by atoms with E-state index in [4.69, 9.17) is 16.3 Å². The molecule has 170 valence electrons. The van der Waals surface area contributed by atoms with Crippen LogP contribution in [0.5, 0.6) is 0 Å². The Morgan fingerprint density at radius 2 is 1.71 bits per heavy atom. The first-order valence-corrected chi connectivity index (χ1v) is 12.3. The van der Waals surface area contributed by atoms with E-state index in [1.54, 1.807) is 11.3 Å². The SMILES string of the molecule is O=c1c([N-]Cc2ccc(Cl)cc2)cn(Cc2ccccc2)c2sc(CN3CCOCC3)cc12.[K+]. The average Bonchev–Trinajstić information content (AvgIpc) is 3.27. The van der Waals surface area contributed by atoms with Crippen molar-refractivity contribution in [2.75, 3.05) is 26.3 Å². The molecule has 8 heteroatoms. The summed E-state index contributed by atoms with van der Waals surface area (Å²) < 4.78 is 7.64. The van der Waals surface area contributed by atoms with E-state index >= 15 is 0 Å². The molecular weight excluding hydrogens is 493 g/mol. The Balaban J connectivity index is 0.00000274. The zero-order valence-electron chi connectivity index (χ0n) is 19.2. The van der Waals surface area contributed by atoms with Gasteiger partial charge in [-0.05, 0) is 30.0 Å². The number of morpholine rings is 1. The Labute approximate surface area is 251 Å². The molecule has 0 aliphatic carbocycles. The molecular formula is C26H25ClKN3O2S. The van der Waals surface area contributed by atoms with Gasteiger partial charge in [0.15, 0.2) is 5.43 Å². The summed E-state index contributed by atoms with van der Waals surface area (Å²) >= 11 is 7.70. The van der Waals surface area contributed by atoms with E-state index in [0.717, 1.165) is 48.6 Å². The van der Waals surface area contributed by atoms with Crippen LogP contribution in [0.25, 0.3) is 15.5 Å². The van der Waals surface area contributed by atoms with Crippen molar-refractivity contribution in [3.8, 4) is 0 Å². The second-order valence-electron chi connectivity index (χ2n) is 8.22. The molecule has 5 rings (SSSR count). The molecule has 4 aromatic rings. The number of pyridine rings is 1. The van der Waals surface area contributed by atoms with Gasteiger partial charge in [-0.3, -0.25) is 9.69 Å². The largest absolute Gasteiger partial charge is 1.00 e. The molecule has 0 unspecified atom stereocenters. The molecule has 0 spiro atoms. The van der Waals surface area contributed by atoms with Crippen LogP contribution in [0.1, 0.15) is 16.0 Å². The third-order valence-electron chi connectivity index (χ3n) is 5.80. The third kappa shape index (κ3) is 6.40. The van der Waals surface area contributed by atoms with E-state index in [2.05, 4.69) is 33.0 Å². The molecule has 2 aromatic carbocycles. The molecule has 2 aromatic heterocycles. The number of ether oxygens (including phenoxy) is 1. The van der Waals surface area contributed by atoms with Crippen LogP contribution in [0.15, 0.2) is 71.7 Å². The summed E-state index contributed by atoms with van der Waals surface area (Å²) in [6.07, 6.45) is 1.91. The van der Waals surface area contributed by atoms with Gasteiger partial charge in [0.1, 0.15) is 4.83 Å². The van der Waals surface area contributed by atoms with E-state index < -0.39 is 0 Å². The van der Waals surface area contributed by atoms with Gasteiger partial charge in [-0.1, -0.05) is 65.3 Å². The topological polar surface area (TPSA) is 48.6 Å². The fourth-order valence-corrected chi connectivity index (χ4v) is 5.34. The van der Waals surface area contributed by atoms with Gasteiger partial charge in [0.05, 0.1) is 18.6 Å². The Bertz CT molecular complexity index is 1290. The molecule has 5 nitrogen and oxygen atoms in total. The van der Waals surface area contributed by atoms with Crippen molar-refractivity contribution < 1.29 is 56.1 Å². The van der Waals surface area contributed by atoms with E-state index in [1.807, 2.05) is 48.7 Å². The summed E-state index contributed by atoms with van der Waals surface area (Å²) in [6.45, 7) is 5.34. The van der Waals surface area contributed by atoms with Gasteiger partial charge in [-0.25, -0.2) is 0 Å². The first kappa shape index (κ1) is 26.1. The van der Waals surface area contributed by atoms with Crippen LogP contribution in [0.4, 0.5) is 5.69 Å². The number of thiophene rings is 1. The van der Waals surface area contributed by atoms with Crippen molar-refractivity contribution in [1.82, 2.24) is 9.47 Å². The maximum absolute atomic E-state index is 13.4. The van der Waals surface area contributed by atoms with Crippen molar-refractivity contribution in [1.29, 1.82) is 0 Å². The van der Waals surface area contributed by atoms with Gasteiger partial charge < -0.3 is 14.6 Å². The van der Waals surface area contributed by atoms with Crippen LogP contribution in [0.3, 0.4) is 0 Å². The van der Waals surface area contributed by atoms with Gasteiger partial charge >= 0.3 is 51.4 Å². The van der Waals surface area contributed by atoms with Crippen molar-refractivity contribution >= 4 is 38.8 Å². The second kappa shape index (κ2) is 12.3. The molecule has 0 saturated carbocycles. The Hall–Kier alpha value is -1.00. The molecule has 1 aliphatic rings. The summed E-state index contributed by atoms with van der Waals surface area (Å²) in [7, 11) is 0. The summed E-state index contributed by atoms with van der Waals surface area (Å²) in [6, 6.07) is 19.9. The minimum Gasteiger partial charge on any atom is -0.676 e. The molecule has 3 heterocycles. The summed E-state index contributed by atoms with van der Waals surface area (Å²) in [5.41, 5.74) is 2.69. The van der Waals surface area contributed by atoms with Crippen LogP contribution in [-0.4, -0.2) is 35.8 Å². The third-order valence-corrected chi connectivity index (χ3v) is 7.21. The van der Waals surface area contributed by atoms with E-state index in [0.29, 0.717) is 23.8 Å². The van der Waals surface area contributed by atoms with Crippen LogP contribution in [-0.2, 0) is 24.4 Å². The number of rotatable bonds is 7. The van der Waals surface area contributed by atoms with Gasteiger partial charge in [-0.2, -0.15) is 0 Å². The van der Waals surface area contributed by atoms with Gasteiger partial charge in [0, 0.05) is 36.1 Å². The first-order chi connectivity index (χ1) is 16.2. The zero-order chi connectivity index (χ0) is 22.6. The zero-order valence-corrected chi connectivity index (χ0v) is 23.9. The van der Waals surface area contributed by atoms with Gasteiger partial charge in [-0.15, -0.1) is 17.9 Å². The first-order valence-electron chi connectivity index (χ1n) is 11.1. The monoisotopic (exact) mass is 517 g/mol. The van der Waals surface area contributed by atoms with Crippen molar-refractivity contribution in [3.05, 3.63) is 103 Å². The van der Waals surface area contributed by atoms with Crippen molar-refractivity contribution in [3.63, 3.8) is 0 Å². The smallest absolute Gasteiger partial charge is 0.676 e. The molecule has 0 bridgehead atoms. The van der Waals surface area contributed by atoms with E-state index in [-0.39, 0.29) is 56.8 Å². The number of hydrogen-bond donors (Lipinski definition) is 0. The van der Waals surface area contributed by atoms with Crippen molar-refractivity contribution in [2.45, 2.75) is 19.6 Å². The predicted molar refractivity (Wildman–Crippen MR) is 136 cm³/mol. The van der Waals surface area contributed by atoms with Crippen LogP contribution < -0.4 is 56.8 Å². The number of aromatic nitrogens is 1. The standard InChI is InChI=1S/C26H25ClN3O2S.K/c27-21-8-6-19(7-9-21)15-28-24-18-30(16-20-4-2-1-3-5-20)26-23(25(24)31)14-22(33-26)17-29-10-12-32-13-11-29;/h1-9,14,18H,10-13,15-17H2;/q-1;+1. The van der Waals surface area contributed by atoms with Gasteiger partial charge in [0.2, 0.25) is 0 Å². The molecule has 0 radical (unpaired) electrons. The maximum Gasteiger partial charge on any atom is 1.00 e. The fourth-order valence-electron chi connectivity index (χ4n) is 4.04. The van der Waals surface area contributed by atoms with E-state index in [9.17, 15) is 4.79 Å². The van der Waals surface area contributed by atoms with Crippen LogP contribution in [0, 0.1) is 0 Å². The van der Waals surface area contributed by atoms with Gasteiger partial charge in [0.25, 0.3) is 0 Å². The van der Waals surface area contributed by atoms with Crippen molar-refractivity contribution in [2.24, 2.45) is 0 Å². The summed E-state index contributed by atoms with van der Waals surface area (Å²) in [4.78, 5) is 17.9. The molecule has 0 amide bonds. The molecule has 1 aliphatic heterocycles. The normalized spacial score (nSPS) is 14.1. The second-order valence-corrected chi connectivity index (χ2v) is 9.77. The molecule has 1 fully saturated rings. The molecule has 0 atom stereocenters. The fraction of sp³-hybridized carbons (Fsp3) is 0.269. The minimum atomic E-state index is -0.00671.